The minimum Gasteiger partial charge on any atom is -0.0851 e. The highest BCUT2D eigenvalue weighted by atomic mass is 14.4. The van der Waals surface area contributed by atoms with E-state index in [-0.39, 0.29) is 0 Å². The van der Waals surface area contributed by atoms with Crippen molar-refractivity contribution < 1.29 is 0 Å². The molecule has 0 amide bonds. The second-order valence-electron chi connectivity index (χ2n) is 6.31. The van der Waals surface area contributed by atoms with Crippen LogP contribution in [0.2, 0.25) is 0 Å². The van der Waals surface area contributed by atoms with Crippen molar-refractivity contribution >= 4 is 0 Å². The van der Waals surface area contributed by atoms with E-state index in [1.165, 1.54) is 36.0 Å². The SMILES string of the molecule is C1=CC2CC1CC2Cc1cccc(-c2ccccc2)c1. The predicted molar refractivity (Wildman–Crippen MR) is 84.4 cm³/mol. The number of allylic oxidation sites excluding steroid dienone is 2. The Hall–Kier alpha value is -1.82. The highest BCUT2D eigenvalue weighted by Crippen LogP contribution is 2.44. The summed E-state index contributed by atoms with van der Waals surface area (Å²) in [7, 11) is 0. The average molecular weight is 260 g/mol. The van der Waals surface area contributed by atoms with Crippen molar-refractivity contribution in [2.75, 3.05) is 0 Å². The predicted octanol–water partition coefficient (Wildman–Crippen LogP) is 5.11. The lowest BCUT2D eigenvalue weighted by atomic mass is 9.87. The fourth-order valence-electron chi connectivity index (χ4n) is 3.94. The highest BCUT2D eigenvalue weighted by molar-refractivity contribution is 5.63. The van der Waals surface area contributed by atoms with Gasteiger partial charge in [-0.1, -0.05) is 66.7 Å². The lowest BCUT2D eigenvalue weighted by Gasteiger charge is -2.18. The Kier molecular flexibility index (Phi) is 2.95. The van der Waals surface area contributed by atoms with Crippen molar-refractivity contribution in [2.45, 2.75) is 19.3 Å². The number of rotatable bonds is 3. The maximum absolute atomic E-state index is 2.46. The maximum atomic E-state index is 2.46. The van der Waals surface area contributed by atoms with Gasteiger partial charge < -0.3 is 0 Å². The second-order valence-corrected chi connectivity index (χ2v) is 6.31. The molecule has 0 spiro atoms. The van der Waals surface area contributed by atoms with E-state index in [1.807, 2.05) is 0 Å². The summed E-state index contributed by atoms with van der Waals surface area (Å²) in [5, 5.41) is 0. The van der Waals surface area contributed by atoms with E-state index in [1.54, 1.807) is 0 Å². The van der Waals surface area contributed by atoms with Crippen LogP contribution in [0, 0.1) is 17.8 Å². The summed E-state index contributed by atoms with van der Waals surface area (Å²) < 4.78 is 0. The van der Waals surface area contributed by atoms with E-state index in [9.17, 15) is 0 Å². The molecule has 0 nitrogen and oxygen atoms in total. The minimum atomic E-state index is 0.848. The summed E-state index contributed by atoms with van der Waals surface area (Å²) in [5.41, 5.74) is 4.17. The molecule has 3 unspecified atom stereocenters. The third kappa shape index (κ3) is 2.20. The van der Waals surface area contributed by atoms with Crippen molar-refractivity contribution in [2.24, 2.45) is 17.8 Å². The van der Waals surface area contributed by atoms with Crippen molar-refractivity contribution in [1.82, 2.24) is 0 Å². The van der Waals surface area contributed by atoms with Gasteiger partial charge in [0, 0.05) is 0 Å². The van der Waals surface area contributed by atoms with Gasteiger partial charge >= 0.3 is 0 Å². The van der Waals surface area contributed by atoms with Crippen LogP contribution in [0.4, 0.5) is 0 Å². The van der Waals surface area contributed by atoms with Crippen LogP contribution >= 0.6 is 0 Å². The molecule has 20 heavy (non-hydrogen) atoms. The molecule has 0 heterocycles. The van der Waals surface area contributed by atoms with Gasteiger partial charge in [-0.25, -0.2) is 0 Å². The van der Waals surface area contributed by atoms with E-state index < -0.39 is 0 Å². The largest absolute Gasteiger partial charge is 0.0851 e. The minimum absolute atomic E-state index is 0.848. The molecule has 0 heteroatoms. The second kappa shape index (κ2) is 4.94. The van der Waals surface area contributed by atoms with E-state index in [0.717, 1.165) is 17.8 Å². The van der Waals surface area contributed by atoms with Gasteiger partial charge in [-0.15, -0.1) is 0 Å². The molecule has 2 aromatic carbocycles. The summed E-state index contributed by atoms with van der Waals surface area (Å²) in [4.78, 5) is 0. The average Bonchev–Trinajstić information content (AvgIpc) is 3.11. The highest BCUT2D eigenvalue weighted by Gasteiger charge is 2.35. The van der Waals surface area contributed by atoms with Gasteiger partial charge in [0.1, 0.15) is 0 Å². The van der Waals surface area contributed by atoms with E-state index in [0.29, 0.717) is 0 Å². The fourth-order valence-corrected chi connectivity index (χ4v) is 3.94. The zero-order valence-electron chi connectivity index (χ0n) is 11.7. The lowest BCUT2D eigenvalue weighted by Crippen LogP contribution is -2.10. The van der Waals surface area contributed by atoms with Gasteiger partial charge in [0.15, 0.2) is 0 Å². The first-order valence-electron chi connectivity index (χ1n) is 7.71. The number of fused-ring (bicyclic) bond motifs is 2. The Morgan fingerprint density at radius 2 is 1.65 bits per heavy atom. The molecule has 0 radical (unpaired) electrons. The lowest BCUT2D eigenvalue weighted by molar-refractivity contribution is 0.446. The zero-order chi connectivity index (χ0) is 13.4. The molecule has 0 saturated heterocycles. The van der Waals surface area contributed by atoms with Crippen LogP contribution in [0.5, 0.6) is 0 Å². The van der Waals surface area contributed by atoms with E-state index >= 15 is 0 Å². The quantitative estimate of drug-likeness (QED) is 0.673. The Morgan fingerprint density at radius 1 is 0.800 bits per heavy atom. The molecule has 2 aliphatic carbocycles. The summed E-state index contributed by atoms with van der Waals surface area (Å²) in [6, 6.07) is 19.8. The van der Waals surface area contributed by atoms with Crippen LogP contribution in [-0.4, -0.2) is 0 Å². The molecular formula is C20H20. The first kappa shape index (κ1) is 12.0. The fraction of sp³-hybridized carbons (Fsp3) is 0.300. The molecular weight excluding hydrogens is 240 g/mol. The molecule has 0 N–H and O–H groups in total. The van der Waals surface area contributed by atoms with Crippen LogP contribution in [0.15, 0.2) is 66.7 Å². The summed E-state index contributed by atoms with van der Waals surface area (Å²) >= 11 is 0. The van der Waals surface area contributed by atoms with E-state index in [4.69, 9.17) is 0 Å². The molecule has 2 bridgehead atoms. The van der Waals surface area contributed by atoms with Crippen LogP contribution in [0.3, 0.4) is 0 Å². The van der Waals surface area contributed by atoms with Crippen LogP contribution in [-0.2, 0) is 6.42 Å². The molecule has 4 rings (SSSR count). The maximum Gasteiger partial charge on any atom is -0.0181 e. The molecule has 1 saturated carbocycles. The van der Waals surface area contributed by atoms with Gasteiger partial charge in [-0.05, 0) is 53.7 Å². The van der Waals surface area contributed by atoms with Gasteiger partial charge in [-0.3, -0.25) is 0 Å². The third-order valence-corrected chi connectivity index (χ3v) is 4.95. The first-order valence-corrected chi connectivity index (χ1v) is 7.71. The smallest absolute Gasteiger partial charge is 0.0181 e. The van der Waals surface area contributed by atoms with Crippen LogP contribution < -0.4 is 0 Å². The number of hydrogen-bond donors (Lipinski definition) is 0. The van der Waals surface area contributed by atoms with Gasteiger partial charge in [0.25, 0.3) is 0 Å². The molecule has 2 aromatic rings. The van der Waals surface area contributed by atoms with Gasteiger partial charge in [-0.2, -0.15) is 0 Å². The normalized spacial score (nSPS) is 27.1. The number of hydrogen-bond acceptors (Lipinski definition) is 0. The van der Waals surface area contributed by atoms with Crippen molar-refractivity contribution in [1.29, 1.82) is 0 Å². The Balaban J connectivity index is 1.56. The van der Waals surface area contributed by atoms with E-state index in [2.05, 4.69) is 66.7 Å². The third-order valence-electron chi connectivity index (χ3n) is 4.95. The summed E-state index contributed by atoms with van der Waals surface area (Å²) in [6.07, 6.45) is 8.94. The summed E-state index contributed by atoms with van der Waals surface area (Å²) in [6.45, 7) is 0. The Bertz CT molecular complexity index is 623. The Labute approximate surface area is 121 Å². The molecule has 2 aliphatic rings. The Morgan fingerprint density at radius 3 is 2.40 bits per heavy atom. The monoisotopic (exact) mass is 260 g/mol. The molecule has 3 atom stereocenters. The molecule has 100 valence electrons. The van der Waals surface area contributed by atoms with Crippen LogP contribution in [0.1, 0.15) is 18.4 Å². The van der Waals surface area contributed by atoms with Gasteiger partial charge in [0.05, 0.1) is 0 Å². The summed E-state index contributed by atoms with van der Waals surface area (Å²) in [5.74, 6) is 2.60. The van der Waals surface area contributed by atoms with Crippen LogP contribution in [0.25, 0.3) is 11.1 Å². The van der Waals surface area contributed by atoms with Gasteiger partial charge in [0.2, 0.25) is 0 Å². The standard InChI is InChI=1S/C20H20/c1-2-6-17(7-3-1)18-8-4-5-15(11-18)13-20-14-16-9-10-19(20)12-16/h1-11,16,19-20H,12-14H2. The molecule has 0 aromatic heterocycles. The molecule has 1 fully saturated rings. The zero-order valence-corrected chi connectivity index (χ0v) is 11.7. The van der Waals surface area contributed by atoms with Crippen molar-refractivity contribution in [3.63, 3.8) is 0 Å². The first-order chi connectivity index (χ1) is 9.88. The van der Waals surface area contributed by atoms with Crippen molar-refractivity contribution in [3.8, 4) is 11.1 Å². The van der Waals surface area contributed by atoms with Crippen molar-refractivity contribution in [3.05, 3.63) is 72.3 Å². The topological polar surface area (TPSA) is 0 Å². The number of benzene rings is 2. The molecule has 0 aliphatic heterocycles.